The number of fused-ring (bicyclic) bond motifs is 1. The lowest BCUT2D eigenvalue weighted by atomic mass is 9.75. The Hall–Kier alpha value is -1.71. The van der Waals surface area contributed by atoms with Crippen molar-refractivity contribution in [2.75, 3.05) is 24.6 Å². The minimum absolute atomic E-state index is 0.0616. The zero-order chi connectivity index (χ0) is 14.1. The number of benzene rings is 1. The van der Waals surface area contributed by atoms with Crippen molar-refractivity contribution in [3.05, 3.63) is 23.8 Å². The fraction of sp³-hybridized carbons (Fsp3) is 0.562. The smallest absolute Gasteiger partial charge is 0.255 e. The zero-order valence-corrected chi connectivity index (χ0v) is 11.8. The average molecular weight is 273 g/mol. The van der Waals surface area contributed by atoms with E-state index in [1.807, 2.05) is 4.90 Å². The lowest BCUT2D eigenvalue weighted by molar-refractivity contribution is 0.0522. The van der Waals surface area contributed by atoms with Gasteiger partial charge in [-0.3, -0.25) is 4.79 Å². The topological polar surface area (TPSA) is 72.4 Å². The van der Waals surface area contributed by atoms with E-state index in [4.69, 9.17) is 11.5 Å². The van der Waals surface area contributed by atoms with Gasteiger partial charge < -0.3 is 16.4 Å². The second-order valence-electron chi connectivity index (χ2n) is 6.19. The van der Waals surface area contributed by atoms with Gasteiger partial charge >= 0.3 is 0 Å². The van der Waals surface area contributed by atoms with Gasteiger partial charge in [-0.1, -0.05) is 19.3 Å². The molecule has 4 N–H and O–H groups in total. The Bertz CT molecular complexity index is 514. The highest BCUT2D eigenvalue weighted by molar-refractivity contribution is 5.99. The lowest BCUT2D eigenvalue weighted by Crippen LogP contribution is -2.44. The number of nitrogen functional groups attached to an aromatic ring is 2. The summed E-state index contributed by atoms with van der Waals surface area (Å²) in [6, 6.07) is 5.16. The minimum atomic E-state index is 0.0616. The molecule has 1 aromatic carbocycles. The van der Waals surface area contributed by atoms with Crippen molar-refractivity contribution in [3.63, 3.8) is 0 Å². The molecule has 0 spiro atoms. The molecular weight excluding hydrogens is 250 g/mol. The van der Waals surface area contributed by atoms with Crippen LogP contribution in [0.4, 0.5) is 11.4 Å². The van der Waals surface area contributed by atoms with Crippen LogP contribution in [0.1, 0.15) is 42.5 Å². The van der Waals surface area contributed by atoms with Gasteiger partial charge in [0.15, 0.2) is 0 Å². The van der Waals surface area contributed by atoms with Crippen molar-refractivity contribution in [1.29, 1.82) is 0 Å². The van der Waals surface area contributed by atoms with Crippen molar-refractivity contribution >= 4 is 17.3 Å². The molecule has 2 unspecified atom stereocenters. The quantitative estimate of drug-likeness (QED) is 0.772. The molecule has 1 saturated heterocycles. The Labute approximate surface area is 120 Å². The lowest BCUT2D eigenvalue weighted by Gasteiger charge is -2.41. The van der Waals surface area contributed by atoms with Crippen molar-refractivity contribution < 1.29 is 4.79 Å². The molecule has 4 heteroatoms. The highest BCUT2D eigenvalue weighted by Crippen LogP contribution is 2.36. The number of hydrogen-bond donors (Lipinski definition) is 2. The molecule has 1 heterocycles. The van der Waals surface area contributed by atoms with Crippen molar-refractivity contribution in [2.24, 2.45) is 11.8 Å². The number of nitrogens with zero attached hydrogens (tertiary/aromatic N) is 1. The molecule has 0 bridgehead atoms. The maximum absolute atomic E-state index is 12.6. The van der Waals surface area contributed by atoms with Crippen LogP contribution in [0.2, 0.25) is 0 Å². The van der Waals surface area contributed by atoms with Crippen LogP contribution < -0.4 is 11.5 Å². The van der Waals surface area contributed by atoms with Gasteiger partial charge in [0.2, 0.25) is 0 Å². The van der Waals surface area contributed by atoms with Crippen LogP contribution in [0.5, 0.6) is 0 Å². The number of amides is 1. The highest BCUT2D eigenvalue weighted by Gasteiger charge is 2.33. The van der Waals surface area contributed by atoms with Gasteiger partial charge in [0, 0.05) is 24.5 Å². The van der Waals surface area contributed by atoms with E-state index in [0.29, 0.717) is 22.9 Å². The average Bonchev–Trinajstić information content (AvgIpc) is 2.46. The summed E-state index contributed by atoms with van der Waals surface area (Å²) in [4.78, 5) is 14.6. The molecule has 108 valence electrons. The monoisotopic (exact) mass is 273 g/mol. The van der Waals surface area contributed by atoms with E-state index in [2.05, 4.69) is 0 Å². The summed E-state index contributed by atoms with van der Waals surface area (Å²) in [6.45, 7) is 1.76. The molecule has 0 aromatic heterocycles. The van der Waals surface area contributed by atoms with Crippen molar-refractivity contribution in [1.82, 2.24) is 4.90 Å². The van der Waals surface area contributed by atoms with E-state index in [1.165, 1.54) is 25.7 Å². The first-order chi connectivity index (χ1) is 9.65. The van der Waals surface area contributed by atoms with E-state index >= 15 is 0 Å². The van der Waals surface area contributed by atoms with Crippen molar-refractivity contribution in [2.45, 2.75) is 32.1 Å². The molecule has 2 aliphatic rings. The van der Waals surface area contributed by atoms with Crippen LogP contribution >= 0.6 is 0 Å². The number of anilines is 2. The first-order valence-electron chi connectivity index (χ1n) is 7.59. The molecule has 4 nitrogen and oxygen atoms in total. The fourth-order valence-corrected chi connectivity index (χ4v) is 3.73. The zero-order valence-electron chi connectivity index (χ0n) is 11.8. The predicted molar refractivity (Wildman–Crippen MR) is 81.2 cm³/mol. The van der Waals surface area contributed by atoms with Gasteiger partial charge in [0.05, 0.1) is 5.56 Å². The summed E-state index contributed by atoms with van der Waals surface area (Å²) >= 11 is 0. The maximum Gasteiger partial charge on any atom is 0.255 e. The largest absolute Gasteiger partial charge is 0.399 e. The number of carbonyl (C=O) groups is 1. The number of likely N-dealkylation sites (tertiary alicyclic amines) is 1. The van der Waals surface area contributed by atoms with Gasteiger partial charge in [-0.25, -0.2) is 0 Å². The van der Waals surface area contributed by atoms with Crippen LogP contribution in [0, 0.1) is 11.8 Å². The Kier molecular flexibility index (Phi) is 3.55. The van der Waals surface area contributed by atoms with Crippen LogP contribution in [-0.4, -0.2) is 23.9 Å². The summed E-state index contributed by atoms with van der Waals surface area (Å²) in [5, 5.41) is 0. The molecule has 1 aromatic rings. The molecular formula is C16H23N3O. The van der Waals surface area contributed by atoms with Gasteiger partial charge in [-0.15, -0.1) is 0 Å². The summed E-state index contributed by atoms with van der Waals surface area (Å²) in [6.07, 6.45) is 6.43. The number of nitrogens with two attached hydrogens (primary N) is 2. The normalized spacial score (nSPS) is 26.1. The number of rotatable bonds is 1. The van der Waals surface area contributed by atoms with Gasteiger partial charge in [0.1, 0.15) is 0 Å². The standard InChI is InChI=1S/C16H23N3O/c17-13-5-6-14(15(18)9-13)16(20)19-8-7-11-3-1-2-4-12(11)10-19/h5-6,9,11-12H,1-4,7-8,10,17-18H2. The van der Waals surface area contributed by atoms with E-state index < -0.39 is 0 Å². The molecule has 3 rings (SSSR count). The molecule has 1 aliphatic heterocycles. The highest BCUT2D eigenvalue weighted by atomic mass is 16.2. The Morgan fingerprint density at radius 2 is 1.85 bits per heavy atom. The second-order valence-corrected chi connectivity index (χ2v) is 6.19. The SMILES string of the molecule is Nc1ccc(C(=O)N2CCC3CCCCC3C2)c(N)c1. The first-order valence-corrected chi connectivity index (χ1v) is 7.59. The van der Waals surface area contributed by atoms with Crippen LogP contribution in [0.3, 0.4) is 0 Å². The third kappa shape index (κ3) is 2.47. The first kappa shape index (κ1) is 13.3. The third-order valence-electron chi connectivity index (χ3n) is 4.88. The van der Waals surface area contributed by atoms with Crippen LogP contribution in [0.15, 0.2) is 18.2 Å². The Morgan fingerprint density at radius 1 is 1.10 bits per heavy atom. The Balaban J connectivity index is 1.74. The van der Waals surface area contributed by atoms with Crippen LogP contribution in [0.25, 0.3) is 0 Å². The summed E-state index contributed by atoms with van der Waals surface area (Å²) < 4.78 is 0. The number of piperidine rings is 1. The van der Waals surface area contributed by atoms with E-state index in [1.54, 1.807) is 18.2 Å². The van der Waals surface area contributed by atoms with Gasteiger partial charge in [-0.2, -0.15) is 0 Å². The van der Waals surface area contributed by atoms with E-state index in [0.717, 1.165) is 25.4 Å². The molecule has 20 heavy (non-hydrogen) atoms. The minimum Gasteiger partial charge on any atom is -0.399 e. The predicted octanol–water partition coefficient (Wildman–Crippen LogP) is 2.50. The maximum atomic E-state index is 12.6. The summed E-state index contributed by atoms with van der Waals surface area (Å²) in [5.41, 5.74) is 13.3. The molecule has 1 saturated carbocycles. The molecule has 2 atom stereocenters. The van der Waals surface area contributed by atoms with E-state index in [9.17, 15) is 4.79 Å². The molecule has 1 aliphatic carbocycles. The van der Waals surface area contributed by atoms with Gasteiger partial charge in [0.25, 0.3) is 5.91 Å². The van der Waals surface area contributed by atoms with E-state index in [-0.39, 0.29) is 5.91 Å². The molecule has 0 radical (unpaired) electrons. The third-order valence-corrected chi connectivity index (χ3v) is 4.88. The van der Waals surface area contributed by atoms with Crippen LogP contribution in [-0.2, 0) is 0 Å². The molecule has 2 fully saturated rings. The second kappa shape index (κ2) is 5.35. The fourth-order valence-electron chi connectivity index (χ4n) is 3.73. The molecule has 1 amide bonds. The van der Waals surface area contributed by atoms with Gasteiger partial charge in [-0.05, 0) is 42.9 Å². The summed E-state index contributed by atoms with van der Waals surface area (Å²) in [5.74, 6) is 1.58. The van der Waals surface area contributed by atoms with Crippen molar-refractivity contribution in [3.8, 4) is 0 Å². The number of hydrogen-bond acceptors (Lipinski definition) is 3. The Morgan fingerprint density at radius 3 is 2.60 bits per heavy atom. The summed E-state index contributed by atoms with van der Waals surface area (Å²) in [7, 11) is 0. The number of carbonyl (C=O) groups excluding carboxylic acids is 1.